The first-order valence-corrected chi connectivity index (χ1v) is 26.2. The van der Waals surface area contributed by atoms with Gasteiger partial charge in [0.1, 0.15) is 29.5 Å². The molecule has 10 rings (SSSR count). The Morgan fingerprint density at radius 1 is 0.932 bits per heavy atom. The van der Waals surface area contributed by atoms with Gasteiger partial charge < -0.3 is 35.4 Å². The Labute approximate surface area is 432 Å². The van der Waals surface area contributed by atoms with Gasteiger partial charge in [0.15, 0.2) is 28.8 Å². The van der Waals surface area contributed by atoms with Crippen molar-refractivity contribution in [3.8, 4) is 22.6 Å². The van der Waals surface area contributed by atoms with Gasteiger partial charge in [-0.25, -0.2) is 22.4 Å². The molecule has 74 heavy (non-hydrogen) atoms. The van der Waals surface area contributed by atoms with Crippen LogP contribution in [0.5, 0.6) is 11.5 Å². The molecule has 4 fully saturated rings. The summed E-state index contributed by atoms with van der Waals surface area (Å²) in [5, 5.41) is 19.7. The lowest BCUT2D eigenvalue weighted by atomic mass is 9.73. The molecular formula is C55H63ClF4N8O6. The van der Waals surface area contributed by atoms with E-state index in [1.165, 1.54) is 33.8 Å². The molecule has 0 radical (unpaired) electrons. The fourth-order valence-corrected chi connectivity index (χ4v) is 12.9. The molecule has 0 spiro atoms. The second-order valence-corrected chi connectivity index (χ2v) is 21.6. The van der Waals surface area contributed by atoms with E-state index < -0.39 is 52.6 Å². The molecule has 4 aliphatic heterocycles. The van der Waals surface area contributed by atoms with E-state index in [4.69, 9.17) is 26.8 Å². The molecule has 4 amide bonds. The van der Waals surface area contributed by atoms with Crippen molar-refractivity contribution in [2.24, 2.45) is 18.2 Å². The maximum Gasteiger partial charge on any atom is 0.329 e. The SMILES string of the molecule is C[C@H]1c2c(cc(F)c(Cl)c2-c2c(C(N)=O)ccc(OCCO)c2F)O[C@]1(CNC1CCC(C)(CN2CCC(N3CCC(c4c(F)cc5c(N6CCC(=O)NC6=O)nn(C)c5c4F)CC3)CC2)CC1)c1ccccc1. The van der Waals surface area contributed by atoms with Crippen LogP contribution in [-0.2, 0) is 17.4 Å². The molecule has 5 heterocycles. The number of imide groups is 1. The zero-order valence-corrected chi connectivity index (χ0v) is 42.7. The van der Waals surface area contributed by atoms with Gasteiger partial charge in [-0.05, 0) is 113 Å². The van der Waals surface area contributed by atoms with E-state index in [2.05, 4.69) is 32.5 Å². The summed E-state index contributed by atoms with van der Waals surface area (Å²) in [4.78, 5) is 43.4. The molecule has 1 saturated carbocycles. The third-order valence-electron chi connectivity index (χ3n) is 16.7. The van der Waals surface area contributed by atoms with Gasteiger partial charge in [0, 0.05) is 79.4 Å². The van der Waals surface area contributed by atoms with Gasteiger partial charge in [-0.2, -0.15) is 5.10 Å². The molecule has 1 aromatic heterocycles. The number of rotatable bonds is 14. The molecule has 5 N–H and O–H groups in total. The van der Waals surface area contributed by atoms with Crippen LogP contribution in [0.1, 0.15) is 111 Å². The molecule has 3 saturated heterocycles. The molecule has 0 unspecified atom stereocenters. The van der Waals surface area contributed by atoms with E-state index >= 15 is 17.6 Å². The smallest absolute Gasteiger partial charge is 0.329 e. The van der Waals surface area contributed by atoms with Crippen LogP contribution >= 0.6 is 11.6 Å². The zero-order chi connectivity index (χ0) is 52.2. The van der Waals surface area contributed by atoms with Gasteiger partial charge >= 0.3 is 6.03 Å². The fraction of sp³-hybridized carbons (Fsp3) is 0.491. The minimum atomic E-state index is -1.07. The van der Waals surface area contributed by atoms with Gasteiger partial charge in [0.25, 0.3) is 0 Å². The number of piperidine rings is 2. The molecule has 5 aliphatic rings. The number of primary amides is 1. The van der Waals surface area contributed by atoms with Crippen LogP contribution in [0.2, 0.25) is 5.02 Å². The Morgan fingerprint density at radius 2 is 1.65 bits per heavy atom. The molecule has 5 aromatic rings. The Hall–Kier alpha value is -5.79. The van der Waals surface area contributed by atoms with Crippen molar-refractivity contribution in [2.75, 3.05) is 63.9 Å². The van der Waals surface area contributed by atoms with E-state index in [0.717, 1.165) is 76.8 Å². The van der Waals surface area contributed by atoms with Crippen molar-refractivity contribution in [3.63, 3.8) is 0 Å². The molecule has 0 bridgehead atoms. The summed E-state index contributed by atoms with van der Waals surface area (Å²) in [7, 11) is 1.58. The second kappa shape index (κ2) is 20.7. The maximum absolute atomic E-state index is 16.5. The number of amides is 4. The third kappa shape index (κ3) is 9.49. The van der Waals surface area contributed by atoms with Gasteiger partial charge in [-0.3, -0.25) is 24.5 Å². The number of aliphatic hydroxyl groups excluding tert-OH is 1. The van der Waals surface area contributed by atoms with Gasteiger partial charge in [-0.1, -0.05) is 55.8 Å². The minimum Gasteiger partial charge on any atom is -0.488 e. The van der Waals surface area contributed by atoms with Crippen molar-refractivity contribution in [1.29, 1.82) is 0 Å². The Kier molecular flexibility index (Phi) is 14.5. The molecule has 14 nitrogen and oxygen atoms in total. The summed E-state index contributed by atoms with van der Waals surface area (Å²) in [6, 6.07) is 14.6. The van der Waals surface area contributed by atoms with Crippen LogP contribution < -0.4 is 30.7 Å². The highest BCUT2D eigenvalue weighted by atomic mass is 35.5. The maximum atomic E-state index is 16.5. The zero-order valence-electron chi connectivity index (χ0n) is 41.9. The highest BCUT2D eigenvalue weighted by Gasteiger charge is 2.51. The summed E-state index contributed by atoms with van der Waals surface area (Å²) in [5.41, 5.74) is 5.74. The monoisotopic (exact) mass is 1040 g/mol. The summed E-state index contributed by atoms with van der Waals surface area (Å²) < 4.78 is 78.3. The molecule has 4 aromatic carbocycles. The molecular weight excluding hydrogens is 980 g/mol. The quantitative estimate of drug-likeness (QED) is 0.0791. The van der Waals surface area contributed by atoms with Crippen LogP contribution in [0.25, 0.3) is 22.0 Å². The first kappa shape index (κ1) is 51.7. The van der Waals surface area contributed by atoms with Crippen LogP contribution in [0.3, 0.4) is 0 Å². The number of carbonyl (C=O) groups is 3. The number of fused-ring (bicyclic) bond motifs is 2. The number of hydrogen-bond acceptors (Lipinski definition) is 10. The van der Waals surface area contributed by atoms with Gasteiger partial charge in [0.2, 0.25) is 11.8 Å². The van der Waals surface area contributed by atoms with Crippen LogP contribution in [0, 0.1) is 28.7 Å². The van der Waals surface area contributed by atoms with E-state index in [1.54, 1.807) is 7.05 Å². The van der Waals surface area contributed by atoms with E-state index in [-0.39, 0.29) is 99.1 Å². The Bertz CT molecular complexity index is 2970. The van der Waals surface area contributed by atoms with E-state index in [1.807, 2.05) is 37.3 Å². The minimum absolute atomic E-state index is 0.0391. The number of nitrogens with two attached hydrogens (primary N) is 1. The van der Waals surface area contributed by atoms with Crippen molar-refractivity contribution in [3.05, 3.63) is 105 Å². The number of benzene rings is 4. The van der Waals surface area contributed by atoms with Crippen molar-refractivity contribution in [1.82, 2.24) is 30.2 Å². The summed E-state index contributed by atoms with van der Waals surface area (Å²) >= 11 is 6.74. The number of halogens is 5. The summed E-state index contributed by atoms with van der Waals surface area (Å²) in [6.45, 7) is 8.56. The van der Waals surface area contributed by atoms with Crippen LogP contribution in [0.15, 0.2) is 54.6 Å². The molecule has 19 heteroatoms. The first-order chi connectivity index (χ1) is 35.5. The summed E-state index contributed by atoms with van der Waals surface area (Å²) in [5.74, 6) is -5.22. The number of nitrogens with one attached hydrogen (secondary N) is 2. The number of anilines is 1. The average molecular weight is 1040 g/mol. The molecule has 394 valence electrons. The fourth-order valence-electron chi connectivity index (χ4n) is 12.7. The van der Waals surface area contributed by atoms with Crippen LogP contribution in [0.4, 0.5) is 28.2 Å². The lowest BCUT2D eigenvalue weighted by molar-refractivity contribution is -0.120. The van der Waals surface area contributed by atoms with Crippen molar-refractivity contribution < 1.29 is 46.5 Å². The first-order valence-electron chi connectivity index (χ1n) is 25.8. The Morgan fingerprint density at radius 3 is 2.32 bits per heavy atom. The van der Waals surface area contributed by atoms with Crippen molar-refractivity contribution in [2.45, 2.75) is 101 Å². The number of nitrogens with zero attached hydrogens (tertiary/aromatic N) is 5. The van der Waals surface area contributed by atoms with Crippen molar-refractivity contribution >= 4 is 46.2 Å². The number of likely N-dealkylation sites (tertiary alicyclic amines) is 2. The number of ether oxygens (including phenoxy) is 2. The lowest BCUT2D eigenvalue weighted by Gasteiger charge is -2.46. The number of aliphatic hydroxyl groups is 1. The standard InChI is InChI=1S/C55H63ClF4N8O6/c1-31-43-41(28-39(58)47(56)46(43)45-36(51(61)71)9-10-40(48(45)59)73-26-25-69)74-55(31,33-7-5-4-6-8-33)29-62-34-11-18-54(2,19-12-34)30-66-20-15-35(16-21-66)67-22-13-32(14-23-67)44-38(57)27-37-50(49(44)60)65(3)64-52(37)68-24-17-42(70)63-53(68)72/h4-10,27-28,31-32,34-35,62,69H,11-26,29-30H2,1-3H3,(H2,61,71)(H,63,70,72)/t31-,34?,54?,55-/m0/s1. The van der Waals surface area contributed by atoms with E-state index in [9.17, 15) is 19.5 Å². The normalized spacial score (nSPS) is 24.3. The number of aromatic nitrogens is 2. The molecule has 2 atom stereocenters. The largest absolute Gasteiger partial charge is 0.488 e. The van der Waals surface area contributed by atoms with Gasteiger partial charge in [0.05, 0.1) is 22.6 Å². The summed E-state index contributed by atoms with van der Waals surface area (Å²) in [6.07, 6.45) is 7.24. The predicted molar refractivity (Wildman–Crippen MR) is 273 cm³/mol. The third-order valence-corrected chi connectivity index (χ3v) is 17.1. The lowest BCUT2D eigenvalue weighted by Crippen LogP contribution is -2.51. The van der Waals surface area contributed by atoms with Crippen LogP contribution in [-0.4, -0.2) is 114 Å². The number of carbonyl (C=O) groups excluding carboxylic acids is 3. The highest BCUT2D eigenvalue weighted by Crippen LogP contribution is 2.57. The Balaban J connectivity index is 0.757. The number of aryl methyl sites for hydroxylation is 1. The number of urea groups is 1. The van der Waals surface area contributed by atoms with E-state index in [0.29, 0.717) is 31.0 Å². The predicted octanol–water partition coefficient (Wildman–Crippen LogP) is 8.64. The molecule has 1 aliphatic carbocycles. The van der Waals surface area contributed by atoms with Gasteiger partial charge in [-0.15, -0.1) is 0 Å². The second-order valence-electron chi connectivity index (χ2n) is 21.2. The topological polar surface area (TPSA) is 168 Å². The number of hydrogen-bond donors (Lipinski definition) is 4. The highest BCUT2D eigenvalue weighted by molar-refractivity contribution is 6.34. The average Bonchev–Trinajstić information content (AvgIpc) is 3.87.